The fourth-order valence-corrected chi connectivity index (χ4v) is 3.56. The van der Waals surface area contributed by atoms with Crippen molar-refractivity contribution in [2.24, 2.45) is 0 Å². The largest absolute Gasteiger partial charge is 0.441 e. The SMILES string of the molecule is Cc1oc(-c2ccccc2Cl)nc1CC(=O)N1CCOC(c2ccccc2)C1. The molecule has 0 saturated carbocycles. The zero-order valence-corrected chi connectivity index (χ0v) is 16.4. The fourth-order valence-electron chi connectivity index (χ4n) is 3.34. The first-order valence-corrected chi connectivity index (χ1v) is 9.65. The van der Waals surface area contributed by atoms with Crippen LogP contribution >= 0.6 is 11.6 Å². The molecule has 1 aliphatic rings. The molecule has 0 N–H and O–H groups in total. The van der Waals surface area contributed by atoms with Gasteiger partial charge in [-0.3, -0.25) is 4.79 Å². The highest BCUT2D eigenvalue weighted by Gasteiger charge is 2.26. The number of morpholine rings is 1. The zero-order chi connectivity index (χ0) is 19.5. The number of hydrogen-bond acceptors (Lipinski definition) is 4. The van der Waals surface area contributed by atoms with Crippen LogP contribution in [-0.2, 0) is 16.0 Å². The van der Waals surface area contributed by atoms with Crippen molar-refractivity contribution in [3.05, 3.63) is 76.6 Å². The van der Waals surface area contributed by atoms with E-state index in [4.69, 9.17) is 20.8 Å². The molecule has 4 rings (SSSR count). The van der Waals surface area contributed by atoms with Gasteiger partial charge < -0.3 is 14.1 Å². The maximum atomic E-state index is 12.9. The predicted molar refractivity (Wildman–Crippen MR) is 107 cm³/mol. The molecule has 6 heteroatoms. The highest BCUT2D eigenvalue weighted by molar-refractivity contribution is 6.33. The summed E-state index contributed by atoms with van der Waals surface area (Å²) in [6, 6.07) is 17.4. The average Bonchev–Trinajstić information content (AvgIpc) is 3.09. The van der Waals surface area contributed by atoms with Gasteiger partial charge in [0.05, 0.1) is 35.9 Å². The molecule has 0 aliphatic carbocycles. The number of amides is 1. The molecule has 1 fully saturated rings. The first-order valence-electron chi connectivity index (χ1n) is 9.27. The second kappa shape index (κ2) is 8.17. The molecule has 1 saturated heterocycles. The van der Waals surface area contributed by atoms with E-state index in [9.17, 15) is 4.79 Å². The van der Waals surface area contributed by atoms with Crippen LogP contribution < -0.4 is 0 Å². The van der Waals surface area contributed by atoms with Gasteiger partial charge in [-0.15, -0.1) is 0 Å². The van der Waals surface area contributed by atoms with E-state index in [1.54, 1.807) is 6.07 Å². The molecule has 3 aromatic rings. The third-order valence-electron chi connectivity index (χ3n) is 4.91. The number of carbonyl (C=O) groups is 1. The first kappa shape index (κ1) is 18.7. The van der Waals surface area contributed by atoms with E-state index in [1.807, 2.05) is 60.4 Å². The van der Waals surface area contributed by atoms with Gasteiger partial charge in [0.25, 0.3) is 0 Å². The lowest BCUT2D eigenvalue weighted by Gasteiger charge is -2.33. The van der Waals surface area contributed by atoms with Gasteiger partial charge in [0, 0.05) is 6.54 Å². The van der Waals surface area contributed by atoms with Crippen LogP contribution in [0.25, 0.3) is 11.5 Å². The number of rotatable bonds is 4. The number of carbonyl (C=O) groups excluding carboxylic acids is 1. The third kappa shape index (κ3) is 3.96. The summed E-state index contributed by atoms with van der Waals surface area (Å²) in [5.41, 5.74) is 2.45. The molecule has 1 atom stereocenters. The third-order valence-corrected chi connectivity index (χ3v) is 5.24. The van der Waals surface area contributed by atoms with Gasteiger partial charge in [0.2, 0.25) is 11.8 Å². The van der Waals surface area contributed by atoms with E-state index >= 15 is 0 Å². The number of aryl methyl sites for hydroxylation is 1. The second-order valence-electron chi connectivity index (χ2n) is 6.79. The van der Waals surface area contributed by atoms with Crippen LogP contribution in [0.15, 0.2) is 59.0 Å². The van der Waals surface area contributed by atoms with E-state index in [-0.39, 0.29) is 18.4 Å². The van der Waals surface area contributed by atoms with Crippen LogP contribution in [0, 0.1) is 6.92 Å². The van der Waals surface area contributed by atoms with Crippen molar-refractivity contribution in [2.75, 3.05) is 19.7 Å². The Hall–Kier alpha value is -2.63. The van der Waals surface area contributed by atoms with Crippen molar-refractivity contribution in [1.82, 2.24) is 9.88 Å². The van der Waals surface area contributed by atoms with E-state index in [0.717, 1.165) is 11.1 Å². The van der Waals surface area contributed by atoms with E-state index < -0.39 is 0 Å². The number of halogens is 1. The summed E-state index contributed by atoms with van der Waals surface area (Å²) in [5, 5.41) is 0.570. The number of ether oxygens (including phenoxy) is 1. The normalized spacial score (nSPS) is 16.9. The molecule has 1 aliphatic heterocycles. The van der Waals surface area contributed by atoms with Gasteiger partial charge in [0.15, 0.2) is 0 Å². The molecule has 0 spiro atoms. The van der Waals surface area contributed by atoms with Gasteiger partial charge in [0.1, 0.15) is 11.9 Å². The lowest BCUT2D eigenvalue weighted by molar-refractivity contribution is -0.138. The quantitative estimate of drug-likeness (QED) is 0.654. The van der Waals surface area contributed by atoms with Crippen LogP contribution in [0.1, 0.15) is 23.1 Å². The predicted octanol–water partition coefficient (Wildman–Crippen LogP) is 4.45. The minimum Gasteiger partial charge on any atom is -0.441 e. The molecule has 0 bridgehead atoms. The molecule has 0 radical (unpaired) electrons. The lowest BCUT2D eigenvalue weighted by atomic mass is 10.1. The summed E-state index contributed by atoms with van der Waals surface area (Å²) >= 11 is 6.23. The van der Waals surface area contributed by atoms with Gasteiger partial charge in [-0.05, 0) is 24.6 Å². The smallest absolute Gasteiger partial charge is 0.228 e. The molecule has 1 unspecified atom stereocenters. The van der Waals surface area contributed by atoms with Crippen LogP contribution in [0.5, 0.6) is 0 Å². The number of hydrogen-bond donors (Lipinski definition) is 0. The van der Waals surface area contributed by atoms with Crippen molar-refractivity contribution < 1.29 is 13.9 Å². The first-order chi connectivity index (χ1) is 13.6. The highest BCUT2D eigenvalue weighted by atomic mass is 35.5. The Morgan fingerprint density at radius 1 is 1.18 bits per heavy atom. The Bertz CT molecular complexity index is 971. The molecule has 2 aromatic carbocycles. The van der Waals surface area contributed by atoms with Gasteiger partial charge in [-0.1, -0.05) is 54.1 Å². The molecule has 28 heavy (non-hydrogen) atoms. The standard InChI is InChI=1S/C22H21ClN2O3/c1-15-19(24-22(28-15)17-9-5-6-10-18(17)23)13-21(26)25-11-12-27-20(14-25)16-7-3-2-4-8-16/h2-10,20H,11-14H2,1H3. The van der Waals surface area contributed by atoms with Crippen molar-refractivity contribution in [2.45, 2.75) is 19.4 Å². The maximum absolute atomic E-state index is 12.9. The summed E-state index contributed by atoms with van der Waals surface area (Å²) in [7, 11) is 0. The van der Waals surface area contributed by atoms with Crippen molar-refractivity contribution >= 4 is 17.5 Å². The molecule has 144 valence electrons. The van der Waals surface area contributed by atoms with Crippen molar-refractivity contribution in [3.63, 3.8) is 0 Å². The second-order valence-corrected chi connectivity index (χ2v) is 7.20. The Morgan fingerprint density at radius 3 is 2.71 bits per heavy atom. The van der Waals surface area contributed by atoms with Crippen LogP contribution in [-0.4, -0.2) is 35.5 Å². The number of oxazole rings is 1. The zero-order valence-electron chi connectivity index (χ0n) is 15.6. The molecular weight excluding hydrogens is 376 g/mol. The number of nitrogens with zero attached hydrogens (tertiary/aromatic N) is 2. The topological polar surface area (TPSA) is 55.6 Å². The Labute approximate surface area is 168 Å². The monoisotopic (exact) mass is 396 g/mol. The molecule has 1 amide bonds. The molecule has 1 aromatic heterocycles. The Balaban J connectivity index is 1.47. The van der Waals surface area contributed by atoms with Crippen LogP contribution in [0.3, 0.4) is 0 Å². The summed E-state index contributed by atoms with van der Waals surface area (Å²) in [6.45, 7) is 3.46. The van der Waals surface area contributed by atoms with Gasteiger partial charge in [-0.2, -0.15) is 0 Å². The average molecular weight is 397 g/mol. The van der Waals surface area contributed by atoms with Crippen LogP contribution in [0.2, 0.25) is 5.02 Å². The minimum absolute atomic E-state index is 0.0198. The fraction of sp³-hybridized carbons (Fsp3) is 0.273. The summed E-state index contributed by atoms with van der Waals surface area (Å²) in [4.78, 5) is 19.2. The molecular formula is C22H21ClN2O3. The number of aromatic nitrogens is 1. The summed E-state index contributed by atoms with van der Waals surface area (Å²) in [5.74, 6) is 1.09. The van der Waals surface area contributed by atoms with Crippen molar-refractivity contribution in [1.29, 1.82) is 0 Å². The van der Waals surface area contributed by atoms with E-state index in [1.165, 1.54) is 0 Å². The Kier molecular flexibility index (Phi) is 5.46. The Morgan fingerprint density at radius 2 is 1.93 bits per heavy atom. The lowest BCUT2D eigenvalue weighted by Crippen LogP contribution is -2.43. The summed E-state index contributed by atoms with van der Waals surface area (Å²) in [6.07, 6.45) is 0.0948. The number of benzene rings is 2. The molecule has 5 nitrogen and oxygen atoms in total. The van der Waals surface area contributed by atoms with Crippen LogP contribution in [0.4, 0.5) is 0 Å². The van der Waals surface area contributed by atoms with Crippen molar-refractivity contribution in [3.8, 4) is 11.5 Å². The van der Waals surface area contributed by atoms with Gasteiger partial charge in [-0.25, -0.2) is 4.98 Å². The van der Waals surface area contributed by atoms with Gasteiger partial charge >= 0.3 is 0 Å². The minimum atomic E-state index is -0.101. The molecule has 2 heterocycles. The highest BCUT2D eigenvalue weighted by Crippen LogP contribution is 2.29. The van der Waals surface area contributed by atoms with E-state index in [0.29, 0.717) is 42.1 Å². The maximum Gasteiger partial charge on any atom is 0.228 e. The van der Waals surface area contributed by atoms with E-state index in [2.05, 4.69) is 4.98 Å². The summed E-state index contributed by atoms with van der Waals surface area (Å²) < 4.78 is 11.6.